The van der Waals surface area contributed by atoms with Gasteiger partial charge in [-0.2, -0.15) is 11.8 Å². The van der Waals surface area contributed by atoms with E-state index in [1.165, 1.54) is 0 Å². The van der Waals surface area contributed by atoms with Gasteiger partial charge in [0.15, 0.2) is 0 Å². The largest absolute Gasteiger partial charge is 0.493 e. The van der Waals surface area contributed by atoms with Gasteiger partial charge < -0.3 is 10.5 Å². The molecule has 16 heavy (non-hydrogen) atoms. The summed E-state index contributed by atoms with van der Waals surface area (Å²) in [5, 5.41) is 7.19. The maximum absolute atomic E-state index is 7.19. The lowest BCUT2D eigenvalue weighted by atomic mass is 10.1. The van der Waals surface area contributed by atoms with Crippen molar-refractivity contribution in [2.45, 2.75) is 13.3 Å². The van der Waals surface area contributed by atoms with E-state index in [-0.39, 0.29) is 5.84 Å². The molecule has 4 heteroatoms. The average molecular weight is 238 g/mol. The van der Waals surface area contributed by atoms with Crippen LogP contribution in [0.25, 0.3) is 0 Å². The summed E-state index contributed by atoms with van der Waals surface area (Å²) in [6, 6.07) is 7.75. The van der Waals surface area contributed by atoms with Crippen LogP contribution in [-0.4, -0.2) is 23.9 Å². The van der Waals surface area contributed by atoms with Crippen molar-refractivity contribution in [1.29, 1.82) is 5.41 Å². The molecule has 0 saturated carbocycles. The van der Waals surface area contributed by atoms with Gasteiger partial charge in [0.05, 0.1) is 12.4 Å². The summed E-state index contributed by atoms with van der Waals surface area (Å²) in [7, 11) is 0. The number of nitrogens with two attached hydrogens (primary N) is 1. The van der Waals surface area contributed by atoms with Crippen LogP contribution in [0.4, 0.5) is 0 Å². The predicted octanol–water partition coefficient (Wildman–Crippen LogP) is 2.30. The average Bonchev–Trinajstić information content (AvgIpc) is 2.26. The zero-order valence-electron chi connectivity index (χ0n) is 9.53. The van der Waals surface area contributed by atoms with Crippen LogP contribution in [-0.2, 0) is 6.42 Å². The topological polar surface area (TPSA) is 59.1 Å². The van der Waals surface area contributed by atoms with Gasteiger partial charge in [-0.25, -0.2) is 0 Å². The van der Waals surface area contributed by atoms with E-state index in [0.717, 1.165) is 29.4 Å². The third kappa shape index (κ3) is 5.07. The summed E-state index contributed by atoms with van der Waals surface area (Å²) in [6.07, 6.45) is 0.506. The molecule has 1 aromatic carbocycles. The minimum Gasteiger partial charge on any atom is -0.493 e. The molecule has 0 aliphatic carbocycles. The SMILES string of the molecule is CCSCCOc1ccc(CC(=N)N)cc1. The lowest BCUT2D eigenvalue weighted by Crippen LogP contribution is -2.12. The van der Waals surface area contributed by atoms with E-state index in [9.17, 15) is 0 Å². The third-order valence-corrected chi connectivity index (χ3v) is 2.88. The molecule has 0 bridgehead atoms. The van der Waals surface area contributed by atoms with Crippen LogP contribution in [0.15, 0.2) is 24.3 Å². The van der Waals surface area contributed by atoms with E-state index in [0.29, 0.717) is 6.42 Å². The number of hydrogen-bond donors (Lipinski definition) is 2. The number of ether oxygens (including phenoxy) is 1. The van der Waals surface area contributed by atoms with Crippen molar-refractivity contribution in [2.75, 3.05) is 18.1 Å². The summed E-state index contributed by atoms with van der Waals surface area (Å²) in [4.78, 5) is 0. The van der Waals surface area contributed by atoms with Crippen LogP contribution in [0.1, 0.15) is 12.5 Å². The maximum atomic E-state index is 7.19. The molecule has 0 amide bonds. The number of rotatable bonds is 7. The summed E-state index contributed by atoms with van der Waals surface area (Å²) >= 11 is 1.87. The van der Waals surface area contributed by atoms with E-state index in [2.05, 4.69) is 6.92 Å². The Balaban J connectivity index is 2.36. The molecule has 3 N–H and O–H groups in total. The van der Waals surface area contributed by atoms with Crippen LogP contribution < -0.4 is 10.5 Å². The Kier molecular flexibility index (Phi) is 5.78. The van der Waals surface area contributed by atoms with Crippen molar-refractivity contribution in [3.05, 3.63) is 29.8 Å². The van der Waals surface area contributed by atoms with Crippen LogP contribution in [0.2, 0.25) is 0 Å². The molecule has 0 aliphatic heterocycles. The smallest absolute Gasteiger partial charge is 0.119 e. The third-order valence-electron chi connectivity index (χ3n) is 2.02. The van der Waals surface area contributed by atoms with Crippen molar-refractivity contribution in [1.82, 2.24) is 0 Å². The molecule has 0 aromatic heterocycles. The fourth-order valence-corrected chi connectivity index (χ4v) is 1.78. The van der Waals surface area contributed by atoms with E-state index in [1.54, 1.807) is 0 Å². The molecule has 0 atom stereocenters. The Morgan fingerprint density at radius 2 is 2.06 bits per heavy atom. The highest BCUT2D eigenvalue weighted by molar-refractivity contribution is 7.99. The van der Waals surface area contributed by atoms with Gasteiger partial charge in [-0.1, -0.05) is 19.1 Å². The summed E-state index contributed by atoms with van der Waals surface area (Å²) in [5.74, 6) is 3.21. The Labute approximate surface area is 101 Å². The fraction of sp³-hybridized carbons (Fsp3) is 0.417. The molecular weight excluding hydrogens is 220 g/mol. The van der Waals surface area contributed by atoms with Crippen molar-refractivity contribution in [3.63, 3.8) is 0 Å². The molecule has 88 valence electrons. The Bertz CT molecular complexity index is 324. The molecule has 0 aliphatic rings. The van der Waals surface area contributed by atoms with E-state index in [1.807, 2.05) is 36.0 Å². The lowest BCUT2D eigenvalue weighted by molar-refractivity contribution is 0.344. The number of benzene rings is 1. The van der Waals surface area contributed by atoms with Crippen LogP contribution in [0, 0.1) is 5.41 Å². The van der Waals surface area contributed by atoms with Gasteiger partial charge >= 0.3 is 0 Å². The van der Waals surface area contributed by atoms with Gasteiger partial charge in [0, 0.05) is 12.2 Å². The second-order valence-corrected chi connectivity index (χ2v) is 4.79. The van der Waals surface area contributed by atoms with Crippen LogP contribution >= 0.6 is 11.8 Å². The first kappa shape index (κ1) is 12.9. The fourth-order valence-electron chi connectivity index (χ4n) is 1.29. The number of thioether (sulfide) groups is 1. The zero-order chi connectivity index (χ0) is 11.8. The van der Waals surface area contributed by atoms with Gasteiger partial charge in [0.2, 0.25) is 0 Å². The summed E-state index contributed by atoms with van der Waals surface area (Å²) in [6.45, 7) is 2.88. The summed E-state index contributed by atoms with van der Waals surface area (Å²) in [5.41, 5.74) is 6.37. The van der Waals surface area contributed by atoms with Gasteiger partial charge in [0.25, 0.3) is 0 Å². The standard InChI is InChI=1S/C12H18N2OS/c1-2-16-8-7-15-11-5-3-10(4-6-11)9-12(13)14/h3-6H,2,7-9H2,1H3,(H3,13,14). The van der Waals surface area contributed by atoms with Crippen molar-refractivity contribution in [3.8, 4) is 5.75 Å². The minimum atomic E-state index is 0.188. The van der Waals surface area contributed by atoms with E-state index in [4.69, 9.17) is 15.9 Å². The number of amidine groups is 1. The maximum Gasteiger partial charge on any atom is 0.119 e. The highest BCUT2D eigenvalue weighted by atomic mass is 32.2. The highest BCUT2D eigenvalue weighted by Crippen LogP contribution is 2.13. The molecule has 0 saturated heterocycles. The molecular formula is C12H18N2OS. The van der Waals surface area contributed by atoms with Crippen LogP contribution in [0.5, 0.6) is 5.75 Å². The minimum absolute atomic E-state index is 0.188. The molecule has 3 nitrogen and oxygen atoms in total. The number of nitrogens with one attached hydrogen (secondary N) is 1. The Morgan fingerprint density at radius 3 is 2.62 bits per heavy atom. The zero-order valence-corrected chi connectivity index (χ0v) is 10.3. The molecule has 0 fully saturated rings. The number of hydrogen-bond acceptors (Lipinski definition) is 3. The van der Waals surface area contributed by atoms with E-state index < -0.39 is 0 Å². The van der Waals surface area contributed by atoms with Crippen molar-refractivity contribution < 1.29 is 4.74 Å². The molecule has 0 radical (unpaired) electrons. The molecule has 0 unspecified atom stereocenters. The second kappa shape index (κ2) is 7.17. The van der Waals surface area contributed by atoms with Gasteiger partial charge in [0.1, 0.15) is 5.75 Å². The van der Waals surface area contributed by atoms with Gasteiger partial charge in [-0.15, -0.1) is 0 Å². The van der Waals surface area contributed by atoms with Crippen molar-refractivity contribution >= 4 is 17.6 Å². The van der Waals surface area contributed by atoms with Gasteiger partial charge in [-0.3, -0.25) is 5.41 Å². The highest BCUT2D eigenvalue weighted by Gasteiger charge is 1.97. The Hall–Kier alpha value is -1.16. The Morgan fingerprint density at radius 1 is 1.38 bits per heavy atom. The van der Waals surface area contributed by atoms with Crippen molar-refractivity contribution in [2.24, 2.45) is 5.73 Å². The first-order chi connectivity index (χ1) is 7.72. The molecule has 1 aromatic rings. The molecule has 0 heterocycles. The van der Waals surface area contributed by atoms with Crippen LogP contribution in [0.3, 0.4) is 0 Å². The van der Waals surface area contributed by atoms with E-state index >= 15 is 0 Å². The quantitative estimate of drug-likeness (QED) is 0.435. The first-order valence-corrected chi connectivity index (χ1v) is 6.50. The first-order valence-electron chi connectivity index (χ1n) is 5.34. The molecule has 1 rings (SSSR count). The molecule has 0 spiro atoms. The summed E-state index contributed by atoms with van der Waals surface area (Å²) < 4.78 is 5.56. The monoisotopic (exact) mass is 238 g/mol. The normalized spacial score (nSPS) is 10.1. The second-order valence-electron chi connectivity index (χ2n) is 3.39. The predicted molar refractivity (Wildman–Crippen MR) is 70.6 cm³/mol. The lowest BCUT2D eigenvalue weighted by Gasteiger charge is -2.06. The van der Waals surface area contributed by atoms with Gasteiger partial charge in [-0.05, 0) is 23.4 Å².